The Morgan fingerprint density at radius 2 is 1.63 bits per heavy atom. The van der Waals surface area contributed by atoms with E-state index in [2.05, 4.69) is 23.6 Å². The quantitative estimate of drug-likeness (QED) is 0.827. The first-order valence-electron chi connectivity index (χ1n) is 10.7. The molecule has 3 fully saturated rings. The van der Waals surface area contributed by atoms with Gasteiger partial charge in [-0.2, -0.15) is 0 Å². The molecule has 0 saturated carbocycles. The minimum Gasteiger partial charge on any atom is -0.497 e. The van der Waals surface area contributed by atoms with Crippen molar-refractivity contribution in [1.29, 1.82) is 0 Å². The van der Waals surface area contributed by atoms with Crippen molar-refractivity contribution in [2.45, 2.75) is 70.1 Å². The van der Waals surface area contributed by atoms with Gasteiger partial charge in [0.2, 0.25) is 0 Å². The van der Waals surface area contributed by atoms with Gasteiger partial charge in [0.15, 0.2) is 0 Å². The van der Waals surface area contributed by atoms with Crippen LogP contribution in [0.1, 0.15) is 57.9 Å². The molecular weight excluding hydrogens is 336 g/mol. The van der Waals surface area contributed by atoms with Crippen LogP contribution in [0.3, 0.4) is 0 Å². The summed E-state index contributed by atoms with van der Waals surface area (Å²) in [4.78, 5) is 5.37. The molecule has 2 unspecified atom stereocenters. The summed E-state index contributed by atoms with van der Waals surface area (Å²) in [6.45, 7) is 9.74. The number of rotatable bonds is 6. The fourth-order valence-electron chi connectivity index (χ4n) is 5.80. The molecule has 0 radical (unpaired) electrons. The van der Waals surface area contributed by atoms with E-state index in [1.165, 1.54) is 45.3 Å². The van der Waals surface area contributed by atoms with Gasteiger partial charge in [-0.25, -0.2) is 0 Å². The third-order valence-corrected chi connectivity index (χ3v) is 7.01. The zero-order valence-corrected chi connectivity index (χ0v) is 17.3. The average Bonchev–Trinajstić information content (AvgIpc) is 3.21. The molecule has 1 aromatic carbocycles. The molecule has 4 heteroatoms. The molecule has 1 aromatic rings. The van der Waals surface area contributed by atoms with Crippen molar-refractivity contribution in [2.24, 2.45) is 5.41 Å². The lowest BCUT2D eigenvalue weighted by Gasteiger charge is -2.47. The van der Waals surface area contributed by atoms with Gasteiger partial charge in [-0.05, 0) is 74.7 Å². The molecule has 4 nitrogen and oxygen atoms in total. The van der Waals surface area contributed by atoms with Crippen LogP contribution >= 0.6 is 0 Å². The summed E-state index contributed by atoms with van der Waals surface area (Å²) in [6, 6.07) is 9.06. The van der Waals surface area contributed by atoms with Crippen LogP contribution in [0, 0.1) is 5.41 Å². The third-order valence-electron chi connectivity index (χ3n) is 7.01. The van der Waals surface area contributed by atoms with Crippen LogP contribution < -0.4 is 4.74 Å². The maximum Gasteiger partial charge on any atom is 0.118 e. The van der Waals surface area contributed by atoms with Crippen molar-refractivity contribution in [1.82, 2.24) is 9.80 Å². The van der Waals surface area contributed by atoms with E-state index >= 15 is 0 Å². The van der Waals surface area contributed by atoms with Crippen LogP contribution in [-0.4, -0.2) is 60.3 Å². The lowest BCUT2D eigenvalue weighted by atomic mass is 9.79. The van der Waals surface area contributed by atoms with Gasteiger partial charge in [-0.1, -0.05) is 26.0 Å². The number of ether oxygens (including phenoxy) is 1. The van der Waals surface area contributed by atoms with Crippen LogP contribution in [0.5, 0.6) is 5.75 Å². The third kappa shape index (κ3) is 4.03. The topological polar surface area (TPSA) is 35.9 Å². The molecule has 0 aromatic heterocycles. The van der Waals surface area contributed by atoms with Crippen molar-refractivity contribution >= 4 is 0 Å². The van der Waals surface area contributed by atoms with Gasteiger partial charge >= 0.3 is 0 Å². The molecule has 3 saturated heterocycles. The summed E-state index contributed by atoms with van der Waals surface area (Å²) < 4.78 is 5.28. The summed E-state index contributed by atoms with van der Waals surface area (Å²) >= 11 is 0. The van der Waals surface area contributed by atoms with E-state index in [1.807, 2.05) is 24.3 Å². The van der Waals surface area contributed by atoms with Gasteiger partial charge in [-0.15, -0.1) is 0 Å². The fourth-order valence-corrected chi connectivity index (χ4v) is 5.80. The minimum absolute atomic E-state index is 0.306. The molecule has 3 heterocycles. The monoisotopic (exact) mass is 372 g/mol. The highest BCUT2D eigenvalue weighted by Crippen LogP contribution is 2.46. The number of likely N-dealkylation sites (tertiary alicyclic amines) is 1. The predicted octanol–water partition coefficient (Wildman–Crippen LogP) is 3.63. The van der Waals surface area contributed by atoms with Gasteiger partial charge in [0.05, 0.1) is 12.7 Å². The molecule has 3 aliphatic heterocycles. The molecule has 3 aliphatic rings. The normalized spacial score (nSPS) is 32.1. The first-order valence-corrected chi connectivity index (χ1v) is 10.7. The summed E-state index contributed by atoms with van der Waals surface area (Å²) in [6.07, 6.45) is 6.89. The summed E-state index contributed by atoms with van der Waals surface area (Å²) in [7, 11) is 1.69. The highest BCUT2D eigenvalue weighted by atomic mass is 16.5. The molecule has 0 spiro atoms. The maximum atomic E-state index is 11.5. The van der Waals surface area contributed by atoms with Crippen molar-refractivity contribution in [3.8, 4) is 5.75 Å². The second-order valence-electron chi connectivity index (χ2n) is 9.87. The second-order valence-corrected chi connectivity index (χ2v) is 9.87. The summed E-state index contributed by atoms with van der Waals surface area (Å²) in [5.41, 5.74) is 0.672. The first kappa shape index (κ1) is 19.2. The molecule has 1 N–H and O–H groups in total. The van der Waals surface area contributed by atoms with Gasteiger partial charge in [0.25, 0.3) is 0 Å². The molecule has 0 aliphatic carbocycles. The lowest BCUT2D eigenvalue weighted by Crippen LogP contribution is -2.53. The molecule has 4 rings (SSSR count). The SMILES string of the molecule is COc1ccc(C2(O)CC3CCC(C2)N3CC(C)(C)CN2CCCC2)cc1. The van der Waals surface area contributed by atoms with Gasteiger partial charge in [0.1, 0.15) is 5.75 Å². The Morgan fingerprint density at radius 3 is 2.19 bits per heavy atom. The standard InChI is InChI=1S/C23H36N2O2/c1-22(2,16-24-12-4-5-13-24)17-25-19-8-9-20(25)15-23(26,14-19)18-6-10-21(27-3)11-7-18/h6-7,10-11,19-20,26H,4-5,8-9,12-17H2,1-3H3. The zero-order valence-electron chi connectivity index (χ0n) is 17.3. The Hall–Kier alpha value is -1.10. The Kier molecular flexibility index (Phi) is 5.26. The number of aliphatic hydroxyl groups is 1. The Balaban J connectivity index is 1.43. The number of methoxy groups -OCH3 is 1. The van der Waals surface area contributed by atoms with Crippen molar-refractivity contribution in [2.75, 3.05) is 33.3 Å². The largest absolute Gasteiger partial charge is 0.497 e. The molecule has 2 atom stereocenters. The van der Waals surface area contributed by atoms with E-state index in [0.29, 0.717) is 17.5 Å². The van der Waals surface area contributed by atoms with Gasteiger partial charge in [-0.3, -0.25) is 4.90 Å². The highest BCUT2D eigenvalue weighted by molar-refractivity contribution is 5.32. The van der Waals surface area contributed by atoms with Crippen LogP contribution in [0.4, 0.5) is 0 Å². The lowest BCUT2D eigenvalue weighted by molar-refractivity contribution is -0.0667. The molecular formula is C23H36N2O2. The number of nitrogens with zero attached hydrogens (tertiary/aromatic N) is 2. The van der Waals surface area contributed by atoms with Crippen LogP contribution in [-0.2, 0) is 5.60 Å². The second kappa shape index (κ2) is 7.38. The smallest absolute Gasteiger partial charge is 0.118 e. The number of piperidine rings is 1. The van der Waals surface area contributed by atoms with E-state index in [-0.39, 0.29) is 0 Å². The number of fused-ring (bicyclic) bond motifs is 2. The molecule has 27 heavy (non-hydrogen) atoms. The van der Waals surface area contributed by atoms with Gasteiger partial charge < -0.3 is 14.7 Å². The van der Waals surface area contributed by atoms with E-state index in [9.17, 15) is 5.11 Å². The van der Waals surface area contributed by atoms with E-state index in [4.69, 9.17) is 4.74 Å². The van der Waals surface area contributed by atoms with E-state index < -0.39 is 5.60 Å². The fraction of sp³-hybridized carbons (Fsp3) is 0.739. The van der Waals surface area contributed by atoms with E-state index in [0.717, 1.165) is 30.7 Å². The average molecular weight is 373 g/mol. The van der Waals surface area contributed by atoms with E-state index in [1.54, 1.807) is 7.11 Å². The summed E-state index contributed by atoms with van der Waals surface area (Å²) in [5, 5.41) is 11.5. The molecule has 0 amide bonds. The van der Waals surface area contributed by atoms with Crippen molar-refractivity contribution in [3.63, 3.8) is 0 Å². The number of hydrogen-bond donors (Lipinski definition) is 1. The molecule has 2 bridgehead atoms. The van der Waals surface area contributed by atoms with Crippen LogP contribution in [0.25, 0.3) is 0 Å². The summed E-state index contributed by atoms with van der Waals surface area (Å²) in [5.74, 6) is 0.853. The van der Waals surface area contributed by atoms with Crippen molar-refractivity contribution in [3.05, 3.63) is 29.8 Å². The minimum atomic E-state index is -0.687. The maximum absolute atomic E-state index is 11.5. The number of hydrogen-bond acceptors (Lipinski definition) is 4. The van der Waals surface area contributed by atoms with Crippen LogP contribution in [0.15, 0.2) is 24.3 Å². The Bertz CT molecular complexity index is 622. The zero-order chi connectivity index (χ0) is 19.1. The number of benzene rings is 1. The Labute approximate surface area is 164 Å². The van der Waals surface area contributed by atoms with Crippen LogP contribution in [0.2, 0.25) is 0 Å². The molecule has 150 valence electrons. The first-order chi connectivity index (χ1) is 12.9. The van der Waals surface area contributed by atoms with Gasteiger partial charge in [0, 0.05) is 25.2 Å². The van der Waals surface area contributed by atoms with Crippen molar-refractivity contribution < 1.29 is 9.84 Å². The predicted molar refractivity (Wildman–Crippen MR) is 109 cm³/mol. The highest BCUT2D eigenvalue weighted by Gasteiger charge is 2.49. The Morgan fingerprint density at radius 1 is 1.04 bits per heavy atom.